The first-order valence-electron chi connectivity index (χ1n) is 7.88. The molecule has 6 heteroatoms. The van der Waals surface area contributed by atoms with E-state index in [2.05, 4.69) is 0 Å². The zero-order valence-electron chi connectivity index (χ0n) is 14.0. The zero-order valence-corrected chi connectivity index (χ0v) is 14.0. The minimum absolute atomic E-state index is 0.127. The van der Waals surface area contributed by atoms with Crippen molar-refractivity contribution in [1.82, 2.24) is 0 Å². The Morgan fingerprint density at radius 1 is 0.885 bits per heavy atom. The summed E-state index contributed by atoms with van der Waals surface area (Å²) >= 11 is 0. The number of carbonyl (C=O) groups excluding carboxylic acids is 3. The third kappa shape index (κ3) is 6.24. The molecule has 0 N–H and O–H groups in total. The van der Waals surface area contributed by atoms with Crippen LogP contribution in [-0.2, 0) is 25.7 Å². The Hall–Kier alpha value is -3.41. The second-order valence-electron chi connectivity index (χ2n) is 5.09. The molecule has 2 rings (SSSR count). The van der Waals surface area contributed by atoms with Crippen LogP contribution in [0.25, 0.3) is 6.08 Å². The van der Waals surface area contributed by atoms with Crippen LogP contribution in [-0.4, -0.2) is 31.8 Å². The molecular weight excluding hydrogens is 336 g/mol. The summed E-state index contributed by atoms with van der Waals surface area (Å²) in [5.41, 5.74) is 1.55. The molecule has 0 aromatic heterocycles. The highest BCUT2D eigenvalue weighted by molar-refractivity contribution is 5.87. The van der Waals surface area contributed by atoms with Crippen molar-refractivity contribution in [2.75, 3.05) is 13.2 Å². The maximum atomic E-state index is 11.8. The van der Waals surface area contributed by atoms with Crippen molar-refractivity contribution in [2.24, 2.45) is 0 Å². The lowest BCUT2D eigenvalue weighted by Gasteiger charge is -2.10. The number of esters is 1. The van der Waals surface area contributed by atoms with Crippen molar-refractivity contribution in [1.29, 1.82) is 0 Å². The van der Waals surface area contributed by atoms with Gasteiger partial charge in [-0.1, -0.05) is 36.4 Å². The molecule has 0 saturated heterocycles. The summed E-state index contributed by atoms with van der Waals surface area (Å²) < 4.78 is 15.7. The number of carbonyl (C=O) groups is 3. The van der Waals surface area contributed by atoms with Crippen molar-refractivity contribution in [3.63, 3.8) is 0 Å². The molecular formula is C20H18O6. The lowest BCUT2D eigenvalue weighted by molar-refractivity contribution is -0.138. The van der Waals surface area contributed by atoms with Crippen molar-refractivity contribution < 1.29 is 28.6 Å². The molecule has 2 aromatic carbocycles. The molecule has 26 heavy (non-hydrogen) atoms. The van der Waals surface area contributed by atoms with Crippen LogP contribution in [0.3, 0.4) is 0 Å². The van der Waals surface area contributed by atoms with Crippen LogP contribution < -0.4 is 9.47 Å². The van der Waals surface area contributed by atoms with Gasteiger partial charge in [0.25, 0.3) is 0 Å². The number of benzene rings is 2. The third-order valence-electron chi connectivity index (χ3n) is 3.22. The maximum absolute atomic E-state index is 11.8. The van der Waals surface area contributed by atoms with Gasteiger partial charge < -0.3 is 14.2 Å². The quantitative estimate of drug-likeness (QED) is 0.371. The van der Waals surface area contributed by atoms with Crippen molar-refractivity contribution in [3.8, 4) is 11.5 Å². The number of ether oxygens (including phenoxy) is 3. The van der Waals surface area contributed by atoms with E-state index < -0.39 is 5.97 Å². The average Bonchev–Trinajstić information content (AvgIpc) is 2.69. The summed E-state index contributed by atoms with van der Waals surface area (Å²) in [5.74, 6) is 0.159. The molecule has 134 valence electrons. The van der Waals surface area contributed by atoms with Crippen LogP contribution >= 0.6 is 0 Å². The molecule has 0 spiro atoms. The average molecular weight is 354 g/mol. The van der Waals surface area contributed by atoms with Crippen LogP contribution in [0.5, 0.6) is 11.5 Å². The molecule has 0 fully saturated rings. The van der Waals surface area contributed by atoms with Gasteiger partial charge in [0.15, 0.2) is 24.1 Å². The van der Waals surface area contributed by atoms with Gasteiger partial charge in [-0.3, -0.25) is 9.59 Å². The molecule has 6 nitrogen and oxygen atoms in total. The first-order valence-corrected chi connectivity index (χ1v) is 7.88. The van der Waals surface area contributed by atoms with Gasteiger partial charge in [0.2, 0.25) is 0 Å². The van der Waals surface area contributed by atoms with Gasteiger partial charge in [0, 0.05) is 6.08 Å². The number of rotatable bonds is 10. The lowest BCUT2D eigenvalue weighted by Crippen LogP contribution is -2.03. The van der Waals surface area contributed by atoms with Gasteiger partial charge in [-0.25, -0.2) is 4.79 Å². The van der Waals surface area contributed by atoms with Crippen molar-refractivity contribution >= 4 is 24.6 Å². The fraction of sp³-hybridized carbons (Fsp3) is 0.150. The Balaban J connectivity index is 2.00. The summed E-state index contributed by atoms with van der Waals surface area (Å²) in [6.07, 6.45) is 4.07. The summed E-state index contributed by atoms with van der Waals surface area (Å²) in [7, 11) is 0. The topological polar surface area (TPSA) is 78.9 Å². The smallest absolute Gasteiger partial charge is 0.331 e. The number of hydrogen-bond acceptors (Lipinski definition) is 6. The summed E-state index contributed by atoms with van der Waals surface area (Å²) in [6.45, 7) is -0.0850. The van der Waals surface area contributed by atoms with Gasteiger partial charge >= 0.3 is 5.97 Å². The van der Waals surface area contributed by atoms with Gasteiger partial charge in [-0.15, -0.1) is 0 Å². The van der Waals surface area contributed by atoms with Crippen molar-refractivity contribution in [2.45, 2.75) is 6.61 Å². The normalized spacial score (nSPS) is 10.3. The van der Waals surface area contributed by atoms with E-state index in [1.807, 2.05) is 30.3 Å². The minimum Gasteiger partial charge on any atom is -0.482 e. The van der Waals surface area contributed by atoms with E-state index >= 15 is 0 Å². The molecule has 0 heterocycles. The maximum Gasteiger partial charge on any atom is 0.331 e. The predicted molar refractivity (Wildman–Crippen MR) is 94.8 cm³/mol. The molecule has 0 saturated carbocycles. The van der Waals surface area contributed by atoms with Crippen LogP contribution in [0.1, 0.15) is 11.1 Å². The SMILES string of the molecule is O=CCOc1ccc(/C=C/C(=O)OCc2ccccc2)cc1OCC=O. The largest absolute Gasteiger partial charge is 0.482 e. The van der Waals surface area contributed by atoms with E-state index in [1.54, 1.807) is 24.3 Å². The molecule has 0 aliphatic rings. The molecule has 2 aromatic rings. The molecule has 0 radical (unpaired) electrons. The first-order chi connectivity index (χ1) is 12.7. The van der Waals surface area contributed by atoms with Crippen LogP contribution in [0, 0.1) is 0 Å². The number of hydrogen-bond donors (Lipinski definition) is 0. The fourth-order valence-corrected chi connectivity index (χ4v) is 2.05. The van der Waals surface area contributed by atoms with E-state index in [9.17, 15) is 14.4 Å². The Kier molecular flexibility index (Phi) is 7.61. The van der Waals surface area contributed by atoms with Gasteiger partial charge in [-0.2, -0.15) is 0 Å². The van der Waals surface area contributed by atoms with Gasteiger partial charge in [0.1, 0.15) is 19.8 Å². The zero-order chi connectivity index (χ0) is 18.6. The third-order valence-corrected chi connectivity index (χ3v) is 3.22. The highest BCUT2D eigenvalue weighted by Crippen LogP contribution is 2.28. The van der Waals surface area contributed by atoms with Crippen LogP contribution in [0.15, 0.2) is 54.6 Å². The molecule has 0 atom stereocenters. The molecule has 0 bridgehead atoms. The molecule has 0 amide bonds. The molecule has 0 aliphatic heterocycles. The van der Waals surface area contributed by atoms with Crippen molar-refractivity contribution in [3.05, 3.63) is 65.7 Å². The lowest BCUT2D eigenvalue weighted by atomic mass is 10.2. The molecule has 0 aliphatic carbocycles. The summed E-state index contributed by atoms with van der Waals surface area (Å²) in [4.78, 5) is 32.7. The Morgan fingerprint density at radius 3 is 2.27 bits per heavy atom. The summed E-state index contributed by atoms with van der Waals surface area (Å²) in [6, 6.07) is 14.2. The molecule has 0 unspecified atom stereocenters. The van der Waals surface area contributed by atoms with E-state index in [0.29, 0.717) is 29.6 Å². The second-order valence-corrected chi connectivity index (χ2v) is 5.09. The van der Waals surface area contributed by atoms with E-state index in [-0.39, 0.29) is 19.8 Å². The minimum atomic E-state index is -0.481. The Labute approximate surface area is 151 Å². The first kappa shape index (κ1) is 18.9. The summed E-state index contributed by atoms with van der Waals surface area (Å²) in [5, 5.41) is 0. The fourth-order valence-electron chi connectivity index (χ4n) is 2.05. The van der Waals surface area contributed by atoms with E-state index in [0.717, 1.165) is 5.56 Å². The van der Waals surface area contributed by atoms with Gasteiger partial charge in [-0.05, 0) is 29.3 Å². The van der Waals surface area contributed by atoms with E-state index in [4.69, 9.17) is 14.2 Å². The number of aldehydes is 2. The highest BCUT2D eigenvalue weighted by atomic mass is 16.5. The van der Waals surface area contributed by atoms with Gasteiger partial charge in [0.05, 0.1) is 0 Å². The second kappa shape index (κ2) is 10.5. The highest BCUT2D eigenvalue weighted by Gasteiger charge is 2.06. The standard InChI is InChI=1S/C20H18O6/c21-10-12-24-18-8-6-16(14-19(18)25-13-11-22)7-9-20(23)26-15-17-4-2-1-3-5-17/h1-11,14H,12-13,15H2/b9-7+. The monoisotopic (exact) mass is 354 g/mol. The van der Waals surface area contributed by atoms with Crippen LogP contribution in [0.2, 0.25) is 0 Å². The predicted octanol–water partition coefficient (Wildman–Crippen LogP) is 2.60. The Morgan fingerprint density at radius 2 is 1.58 bits per heavy atom. The Bertz CT molecular complexity index is 767. The van der Waals surface area contributed by atoms with E-state index in [1.165, 1.54) is 6.08 Å². The van der Waals surface area contributed by atoms with Crippen LogP contribution in [0.4, 0.5) is 0 Å².